The molecular formula is C16H13N3O2. The molecule has 0 spiro atoms. The summed E-state index contributed by atoms with van der Waals surface area (Å²) < 4.78 is 4.98. The van der Waals surface area contributed by atoms with Crippen molar-refractivity contribution in [3.63, 3.8) is 0 Å². The fraction of sp³-hybridized carbons (Fsp3) is 0.0625. The normalized spacial score (nSPS) is 10.3. The number of ether oxygens (including phenoxy) is 1. The molecule has 1 amide bonds. The molecule has 0 bridgehead atoms. The van der Waals surface area contributed by atoms with E-state index in [-0.39, 0.29) is 5.91 Å². The van der Waals surface area contributed by atoms with E-state index < -0.39 is 0 Å². The van der Waals surface area contributed by atoms with Gasteiger partial charge in [-0.3, -0.25) is 9.78 Å². The minimum absolute atomic E-state index is 0.194. The number of carbonyl (C=O) groups is 1. The highest BCUT2D eigenvalue weighted by Gasteiger charge is 2.10. The van der Waals surface area contributed by atoms with Gasteiger partial charge in [0.1, 0.15) is 0 Å². The second-order valence-electron chi connectivity index (χ2n) is 4.42. The van der Waals surface area contributed by atoms with E-state index in [4.69, 9.17) is 4.74 Å². The van der Waals surface area contributed by atoms with E-state index in [1.807, 2.05) is 24.3 Å². The SMILES string of the molecule is COc1ccc(NC(=O)c2cccc3ncccc23)cn1. The number of fused-ring (bicyclic) bond motifs is 1. The van der Waals surface area contributed by atoms with E-state index in [9.17, 15) is 4.79 Å². The van der Waals surface area contributed by atoms with Crippen molar-refractivity contribution in [2.75, 3.05) is 12.4 Å². The number of amides is 1. The Kier molecular flexibility index (Phi) is 3.47. The number of methoxy groups -OCH3 is 1. The lowest BCUT2D eigenvalue weighted by Crippen LogP contribution is -2.12. The minimum atomic E-state index is -0.194. The molecule has 5 heteroatoms. The van der Waals surface area contributed by atoms with E-state index >= 15 is 0 Å². The summed E-state index contributed by atoms with van der Waals surface area (Å²) in [5.74, 6) is 0.308. The van der Waals surface area contributed by atoms with Crippen LogP contribution in [0.2, 0.25) is 0 Å². The summed E-state index contributed by atoms with van der Waals surface area (Å²) in [5.41, 5.74) is 1.98. The van der Waals surface area contributed by atoms with Crippen LogP contribution in [0, 0.1) is 0 Å². The van der Waals surface area contributed by atoms with Crippen LogP contribution in [0.25, 0.3) is 10.9 Å². The third-order valence-corrected chi connectivity index (χ3v) is 3.09. The second kappa shape index (κ2) is 5.58. The van der Waals surface area contributed by atoms with E-state index in [1.54, 1.807) is 37.7 Å². The van der Waals surface area contributed by atoms with Gasteiger partial charge in [-0.2, -0.15) is 0 Å². The Morgan fingerprint density at radius 2 is 2.00 bits per heavy atom. The van der Waals surface area contributed by atoms with Crippen molar-refractivity contribution in [1.82, 2.24) is 9.97 Å². The zero-order valence-corrected chi connectivity index (χ0v) is 11.4. The fourth-order valence-electron chi connectivity index (χ4n) is 2.07. The van der Waals surface area contributed by atoms with Crippen LogP contribution in [-0.4, -0.2) is 23.0 Å². The van der Waals surface area contributed by atoms with Crippen molar-refractivity contribution >= 4 is 22.5 Å². The van der Waals surface area contributed by atoms with Crippen molar-refractivity contribution in [3.05, 3.63) is 60.4 Å². The van der Waals surface area contributed by atoms with Gasteiger partial charge in [0.15, 0.2) is 0 Å². The van der Waals surface area contributed by atoms with Gasteiger partial charge in [-0.05, 0) is 24.3 Å². The van der Waals surface area contributed by atoms with Crippen LogP contribution >= 0.6 is 0 Å². The molecule has 0 aliphatic carbocycles. The Hall–Kier alpha value is -2.95. The Morgan fingerprint density at radius 3 is 2.76 bits per heavy atom. The average Bonchev–Trinajstić information content (AvgIpc) is 2.55. The van der Waals surface area contributed by atoms with Gasteiger partial charge in [-0.1, -0.05) is 12.1 Å². The third-order valence-electron chi connectivity index (χ3n) is 3.09. The van der Waals surface area contributed by atoms with Gasteiger partial charge in [-0.25, -0.2) is 4.98 Å². The fourth-order valence-corrected chi connectivity index (χ4v) is 2.07. The molecular weight excluding hydrogens is 266 g/mol. The van der Waals surface area contributed by atoms with E-state index in [1.165, 1.54) is 0 Å². The molecule has 0 radical (unpaired) electrons. The van der Waals surface area contributed by atoms with Crippen LogP contribution in [0.5, 0.6) is 5.88 Å². The number of nitrogens with one attached hydrogen (secondary N) is 1. The Morgan fingerprint density at radius 1 is 1.10 bits per heavy atom. The second-order valence-corrected chi connectivity index (χ2v) is 4.42. The number of pyridine rings is 2. The standard InChI is InChI=1S/C16H13N3O2/c1-21-15-8-7-11(10-18-15)19-16(20)13-4-2-6-14-12(13)5-3-9-17-14/h2-10H,1H3,(H,19,20). The molecule has 104 valence electrons. The number of aromatic nitrogens is 2. The summed E-state index contributed by atoms with van der Waals surface area (Å²) in [6.07, 6.45) is 3.26. The van der Waals surface area contributed by atoms with Gasteiger partial charge in [-0.15, -0.1) is 0 Å². The van der Waals surface area contributed by atoms with E-state index in [2.05, 4.69) is 15.3 Å². The average molecular weight is 279 g/mol. The molecule has 0 aliphatic rings. The zero-order valence-electron chi connectivity index (χ0n) is 11.4. The number of nitrogens with zero attached hydrogens (tertiary/aromatic N) is 2. The van der Waals surface area contributed by atoms with Crippen molar-refractivity contribution in [2.24, 2.45) is 0 Å². The Labute approximate surface area is 121 Å². The van der Waals surface area contributed by atoms with Gasteiger partial charge >= 0.3 is 0 Å². The summed E-state index contributed by atoms with van der Waals surface area (Å²) >= 11 is 0. The number of benzene rings is 1. The molecule has 0 atom stereocenters. The molecule has 0 saturated heterocycles. The molecule has 0 saturated carbocycles. The topological polar surface area (TPSA) is 64.1 Å². The summed E-state index contributed by atoms with van der Waals surface area (Å²) in [5, 5.41) is 3.64. The number of anilines is 1. The third kappa shape index (κ3) is 2.67. The smallest absolute Gasteiger partial charge is 0.256 e. The first-order chi connectivity index (χ1) is 10.3. The molecule has 1 aromatic carbocycles. The molecule has 1 N–H and O–H groups in total. The summed E-state index contributed by atoms with van der Waals surface area (Å²) in [4.78, 5) is 20.7. The molecule has 21 heavy (non-hydrogen) atoms. The lowest BCUT2D eigenvalue weighted by atomic mass is 10.1. The Bertz CT molecular complexity index is 780. The maximum atomic E-state index is 12.4. The lowest BCUT2D eigenvalue weighted by molar-refractivity contribution is 0.102. The maximum Gasteiger partial charge on any atom is 0.256 e. The van der Waals surface area contributed by atoms with Crippen LogP contribution in [0.3, 0.4) is 0 Å². The highest BCUT2D eigenvalue weighted by molar-refractivity contribution is 6.12. The largest absolute Gasteiger partial charge is 0.481 e. The van der Waals surface area contributed by atoms with E-state index in [0.29, 0.717) is 17.1 Å². The molecule has 0 fully saturated rings. The zero-order chi connectivity index (χ0) is 14.7. The van der Waals surface area contributed by atoms with Gasteiger partial charge in [0, 0.05) is 23.2 Å². The van der Waals surface area contributed by atoms with Crippen LogP contribution in [-0.2, 0) is 0 Å². The van der Waals surface area contributed by atoms with Crippen molar-refractivity contribution < 1.29 is 9.53 Å². The predicted molar refractivity (Wildman–Crippen MR) is 80.5 cm³/mol. The molecule has 2 aromatic heterocycles. The van der Waals surface area contributed by atoms with Crippen LogP contribution in [0.1, 0.15) is 10.4 Å². The summed E-state index contributed by atoms with van der Waals surface area (Å²) in [6.45, 7) is 0. The van der Waals surface area contributed by atoms with Gasteiger partial charge < -0.3 is 10.1 Å². The molecule has 5 nitrogen and oxygen atoms in total. The highest BCUT2D eigenvalue weighted by Crippen LogP contribution is 2.18. The van der Waals surface area contributed by atoms with Crippen molar-refractivity contribution in [1.29, 1.82) is 0 Å². The number of hydrogen-bond acceptors (Lipinski definition) is 4. The quantitative estimate of drug-likeness (QED) is 0.800. The maximum absolute atomic E-state index is 12.4. The van der Waals surface area contributed by atoms with Crippen LogP contribution in [0.15, 0.2) is 54.9 Å². The van der Waals surface area contributed by atoms with E-state index in [0.717, 1.165) is 10.9 Å². The van der Waals surface area contributed by atoms with Crippen molar-refractivity contribution in [3.8, 4) is 5.88 Å². The molecule has 2 heterocycles. The predicted octanol–water partition coefficient (Wildman–Crippen LogP) is 2.89. The van der Waals surface area contributed by atoms with Crippen LogP contribution < -0.4 is 10.1 Å². The monoisotopic (exact) mass is 279 g/mol. The summed E-state index contributed by atoms with van der Waals surface area (Å²) in [7, 11) is 1.55. The van der Waals surface area contributed by atoms with Crippen molar-refractivity contribution in [2.45, 2.75) is 0 Å². The van der Waals surface area contributed by atoms with Crippen LogP contribution in [0.4, 0.5) is 5.69 Å². The number of hydrogen-bond donors (Lipinski definition) is 1. The lowest BCUT2D eigenvalue weighted by Gasteiger charge is -2.08. The minimum Gasteiger partial charge on any atom is -0.481 e. The number of carbonyl (C=O) groups excluding carboxylic acids is 1. The van der Waals surface area contributed by atoms with Gasteiger partial charge in [0.2, 0.25) is 5.88 Å². The molecule has 0 aliphatic heterocycles. The molecule has 3 aromatic rings. The number of rotatable bonds is 3. The van der Waals surface area contributed by atoms with Gasteiger partial charge in [0.25, 0.3) is 5.91 Å². The molecule has 3 rings (SSSR count). The summed E-state index contributed by atoms with van der Waals surface area (Å²) in [6, 6.07) is 12.6. The van der Waals surface area contributed by atoms with Gasteiger partial charge in [0.05, 0.1) is 24.5 Å². The first kappa shape index (κ1) is 13.1. The Balaban J connectivity index is 1.90. The highest BCUT2D eigenvalue weighted by atomic mass is 16.5. The molecule has 0 unspecified atom stereocenters. The first-order valence-corrected chi connectivity index (χ1v) is 6.43. The first-order valence-electron chi connectivity index (χ1n) is 6.43.